The second kappa shape index (κ2) is 12.5. The summed E-state index contributed by atoms with van der Waals surface area (Å²) in [5, 5.41) is 7.96. The van der Waals surface area contributed by atoms with Crippen LogP contribution in [0.3, 0.4) is 0 Å². The van der Waals surface area contributed by atoms with Crippen LogP contribution in [-0.4, -0.2) is 10.9 Å². The molecule has 0 aliphatic heterocycles. The van der Waals surface area contributed by atoms with Gasteiger partial charge in [0.2, 0.25) is 0 Å². The van der Waals surface area contributed by atoms with Gasteiger partial charge in [-0.25, -0.2) is 4.98 Å². The highest BCUT2D eigenvalue weighted by molar-refractivity contribution is 6.09. The van der Waals surface area contributed by atoms with Gasteiger partial charge < -0.3 is 10.6 Å². The molecule has 0 saturated carbocycles. The number of carbonyl (C=O) groups is 1. The van der Waals surface area contributed by atoms with Crippen LogP contribution in [0.15, 0.2) is 115 Å². The minimum Gasteiger partial charge on any atom is -0.345 e. The lowest BCUT2D eigenvalue weighted by molar-refractivity contribution is 0.0936. The lowest BCUT2D eigenvalue weighted by Crippen LogP contribution is -2.31. The Morgan fingerprint density at radius 2 is 1.23 bits per heavy atom. The van der Waals surface area contributed by atoms with Crippen LogP contribution in [0.4, 0.5) is 0 Å². The van der Waals surface area contributed by atoms with Crippen LogP contribution in [-0.2, 0) is 6.54 Å². The summed E-state index contributed by atoms with van der Waals surface area (Å²) in [5.41, 5.74) is 6.58. The number of para-hydroxylation sites is 1. The van der Waals surface area contributed by atoms with Crippen molar-refractivity contribution in [1.82, 2.24) is 15.6 Å². The number of amides is 1. The molecule has 2 N–H and O–H groups in total. The van der Waals surface area contributed by atoms with Gasteiger partial charge >= 0.3 is 0 Å². The van der Waals surface area contributed by atoms with Gasteiger partial charge in [0.15, 0.2) is 0 Å². The van der Waals surface area contributed by atoms with Crippen LogP contribution < -0.4 is 10.6 Å². The molecule has 4 nitrogen and oxygen atoms in total. The smallest absolute Gasteiger partial charge is 0.252 e. The van der Waals surface area contributed by atoms with Crippen molar-refractivity contribution in [3.8, 4) is 11.3 Å². The fraction of sp³-hybridized carbons (Fsp3) is 0.200. The summed E-state index contributed by atoms with van der Waals surface area (Å²) >= 11 is 0. The van der Waals surface area contributed by atoms with E-state index in [1.807, 2.05) is 66.7 Å². The molecule has 1 amide bonds. The number of nitrogens with one attached hydrogen (secondary N) is 2. The van der Waals surface area contributed by atoms with Crippen molar-refractivity contribution in [3.05, 3.63) is 138 Å². The third-order valence-corrected chi connectivity index (χ3v) is 7.32. The number of nitrogens with zero attached hydrogens (tertiary/aromatic N) is 1. The van der Waals surface area contributed by atoms with Crippen LogP contribution in [0, 0.1) is 0 Å². The highest BCUT2D eigenvalue weighted by Crippen LogP contribution is 2.32. The first-order chi connectivity index (χ1) is 19.2. The second-order valence-corrected chi connectivity index (χ2v) is 9.79. The summed E-state index contributed by atoms with van der Waals surface area (Å²) in [4.78, 5) is 19.3. The van der Waals surface area contributed by atoms with Gasteiger partial charge in [0, 0.05) is 29.1 Å². The van der Waals surface area contributed by atoms with E-state index < -0.39 is 0 Å². The van der Waals surface area contributed by atoms with Crippen molar-refractivity contribution in [1.29, 1.82) is 0 Å². The quantitative estimate of drug-likeness (QED) is 0.199. The molecule has 0 radical (unpaired) electrons. The van der Waals surface area contributed by atoms with E-state index in [4.69, 9.17) is 4.98 Å². The zero-order valence-corrected chi connectivity index (χ0v) is 22.6. The molecule has 0 aliphatic rings. The molecule has 5 aromatic rings. The van der Waals surface area contributed by atoms with Crippen molar-refractivity contribution < 1.29 is 4.79 Å². The van der Waals surface area contributed by atoms with E-state index in [0.717, 1.165) is 46.1 Å². The van der Waals surface area contributed by atoms with E-state index in [9.17, 15) is 4.79 Å². The van der Waals surface area contributed by atoms with Crippen molar-refractivity contribution in [3.63, 3.8) is 0 Å². The van der Waals surface area contributed by atoms with Crippen LogP contribution in [0.25, 0.3) is 22.2 Å². The average molecular weight is 514 g/mol. The van der Waals surface area contributed by atoms with Gasteiger partial charge in [-0.1, -0.05) is 123 Å². The van der Waals surface area contributed by atoms with Gasteiger partial charge in [-0.3, -0.25) is 4.79 Å². The summed E-state index contributed by atoms with van der Waals surface area (Å²) in [6.07, 6.45) is 1.73. The van der Waals surface area contributed by atoms with E-state index in [2.05, 4.69) is 73.0 Å². The molecule has 0 bridgehead atoms. The first-order valence-corrected chi connectivity index (χ1v) is 13.8. The third-order valence-electron chi connectivity index (χ3n) is 7.32. The molecular formula is C35H35N3O. The van der Waals surface area contributed by atoms with Gasteiger partial charge in [0.1, 0.15) is 0 Å². The Morgan fingerprint density at radius 3 is 1.85 bits per heavy atom. The molecule has 1 heterocycles. The molecule has 1 aromatic heterocycles. The molecule has 0 saturated heterocycles. The average Bonchev–Trinajstić information content (AvgIpc) is 3.01. The highest BCUT2D eigenvalue weighted by atomic mass is 16.1. The molecule has 0 fully saturated rings. The zero-order chi connectivity index (χ0) is 27.0. The van der Waals surface area contributed by atoms with Crippen LogP contribution in [0.5, 0.6) is 0 Å². The minimum atomic E-state index is -0.0840. The predicted molar refractivity (Wildman–Crippen MR) is 160 cm³/mol. The van der Waals surface area contributed by atoms with Gasteiger partial charge in [-0.05, 0) is 30.0 Å². The van der Waals surface area contributed by atoms with Crippen molar-refractivity contribution in [2.45, 2.75) is 45.3 Å². The minimum absolute atomic E-state index is 0.0777. The molecule has 4 heteroatoms. The predicted octanol–water partition coefficient (Wildman–Crippen LogP) is 8.02. The Labute approximate surface area is 231 Å². The molecule has 0 aliphatic carbocycles. The fourth-order valence-electron chi connectivity index (χ4n) is 5.26. The molecule has 0 spiro atoms. The summed E-state index contributed by atoms with van der Waals surface area (Å²) in [5.74, 6) is -0.0777. The number of hydrogen-bond donors (Lipinski definition) is 2. The Balaban J connectivity index is 1.62. The second-order valence-electron chi connectivity index (χ2n) is 9.79. The molecule has 196 valence electrons. The summed E-state index contributed by atoms with van der Waals surface area (Å²) < 4.78 is 0. The number of rotatable bonds is 10. The lowest BCUT2D eigenvalue weighted by Gasteiger charge is -2.23. The SMILES string of the molecule is CC[C@H](NCc1c(-c2ccccc2)nc2ccccc2c1C(=O)N[C@@H](CC)c1ccccc1)c1ccccc1. The lowest BCUT2D eigenvalue weighted by atomic mass is 9.94. The molecular weight excluding hydrogens is 478 g/mol. The van der Waals surface area contributed by atoms with Gasteiger partial charge in [0.05, 0.1) is 22.8 Å². The number of pyridine rings is 1. The van der Waals surface area contributed by atoms with E-state index in [1.54, 1.807) is 0 Å². The van der Waals surface area contributed by atoms with E-state index in [-0.39, 0.29) is 18.0 Å². The number of carbonyl (C=O) groups excluding carboxylic acids is 1. The standard InChI is InChI=1S/C35H35N3O/c1-3-30(25-16-8-5-9-17-25)36-24-29-33(35(39)38-31(4-2)26-18-10-6-11-19-26)28-22-14-15-23-32(28)37-34(29)27-20-12-7-13-21-27/h5-23,30-31,36H,3-4,24H2,1-2H3,(H,38,39)/t30-,31-/m0/s1. The summed E-state index contributed by atoms with van der Waals surface area (Å²) in [6.45, 7) is 4.80. The van der Waals surface area contributed by atoms with Crippen molar-refractivity contribution in [2.75, 3.05) is 0 Å². The first-order valence-electron chi connectivity index (χ1n) is 13.8. The van der Waals surface area contributed by atoms with Crippen molar-refractivity contribution >= 4 is 16.8 Å². The normalized spacial score (nSPS) is 12.7. The molecule has 39 heavy (non-hydrogen) atoms. The topological polar surface area (TPSA) is 54.0 Å². The maximum absolute atomic E-state index is 14.2. The third kappa shape index (κ3) is 5.92. The molecule has 4 aromatic carbocycles. The van der Waals surface area contributed by atoms with E-state index >= 15 is 0 Å². The number of aromatic nitrogens is 1. The van der Waals surface area contributed by atoms with Crippen LogP contribution >= 0.6 is 0 Å². The Kier molecular flexibility index (Phi) is 8.45. The maximum Gasteiger partial charge on any atom is 0.252 e. The monoisotopic (exact) mass is 513 g/mol. The highest BCUT2D eigenvalue weighted by Gasteiger charge is 2.24. The van der Waals surface area contributed by atoms with Gasteiger partial charge in [-0.15, -0.1) is 0 Å². The van der Waals surface area contributed by atoms with E-state index in [1.165, 1.54) is 5.56 Å². The molecule has 5 rings (SSSR count). The Hall–Kier alpha value is -4.28. The number of benzene rings is 4. The first kappa shape index (κ1) is 26.3. The molecule has 0 unspecified atom stereocenters. The largest absolute Gasteiger partial charge is 0.345 e. The maximum atomic E-state index is 14.2. The van der Waals surface area contributed by atoms with Gasteiger partial charge in [0.25, 0.3) is 5.91 Å². The molecule has 2 atom stereocenters. The van der Waals surface area contributed by atoms with Crippen LogP contribution in [0.1, 0.15) is 65.8 Å². The summed E-state index contributed by atoms with van der Waals surface area (Å²) in [6, 6.07) is 38.9. The number of hydrogen-bond acceptors (Lipinski definition) is 3. The van der Waals surface area contributed by atoms with E-state index in [0.29, 0.717) is 12.1 Å². The van der Waals surface area contributed by atoms with Crippen molar-refractivity contribution in [2.24, 2.45) is 0 Å². The Bertz CT molecular complexity index is 1520. The number of fused-ring (bicyclic) bond motifs is 1. The summed E-state index contributed by atoms with van der Waals surface area (Å²) in [7, 11) is 0. The van der Waals surface area contributed by atoms with Gasteiger partial charge in [-0.2, -0.15) is 0 Å². The Morgan fingerprint density at radius 1 is 0.692 bits per heavy atom. The van der Waals surface area contributed by atoms with Crippen LogP contribution in [0.2, 0.25) is 0 Å². The zero-order valence-electron chi connectivity index (χ0n) is 22.6. The fourth-order valence-corrected chi connectivity index (χ4v) is 5.26.